The number of benzene rings is 1. The third-order valence-corrected chi connectivity index (χ3v) is 5.36. The predicted molar refractivity (Wildman–Crippen MR) is 96.2 cm³/mol. The summed E-state index contributed by atoms with van der Waals surface area (Å²) < 4.78 is 10.2. The number of hydrogen-bond donors (Lipinski definition) is 0. The Balaban J connectivity index is 2.29. The van der Waals surface area contributed by atoms with Crippen molar-refractivity contribution < 1.29 is 4.74 Å². The topological polar surface area (TPSA) is 27.1 Å². The lowest BCUT2D eigenvalue weighted by molar-refractivity contribution is 0.287. The summed E-state index contributed by atoms with van der Waals surface area (Å²) in [6, 6.07) is 4.15. The Kier molecular flexibility index (Phi) is 5.91. The molecule has 114 valence electrons. The molecule has 1 aromatic heterocycles. The lowest BCUT2D eigenvalue weighted by atomic mass is 10.1. The zero-order valence-electron chi connectivity index (χ0n) is 12.2. The van der Waals surface area contributed by atoms with Gasteiger partial charge in [0.05, 0.1) is 15.9 Å². The van der Waals surface area contributed by atoms with Crippen molar-refractivity contribution in [3.63, 3.8) is 0 Å². The van der Waals surface area contributed by atoms with Gasteiger partial charge in [0.15, 0.2) is 0 Å². The van der Waals surface area contributed by atoms with Gasteiger partial charge in [0.2, 0.25) is 0 Å². The molecule has 0 amide bonds. The number of rotatable bonds is 5. The van der Waals surface area contributed by atoms with Crippen molar-refractivity contribution in [1.82, 2.24) is 9.78 Å². The van der Waals surface area contributed by atoms with Crippen LogP contribution in [0.15, 0.2) is 21.1 Å². The molecule has 1 heterocycles. The van der Waals surface area contributed by atoms with Gasteiger partial charge in [-0.15, -0.1) is 0 Å². The zero-order valence-corrected chi connectivity index (χ0v) is 17.0. The van der Waals surface area contributed by atoms with Crippen LogP contribution in [0.5, 0.6) is 5.75 Å². The largest absolute Gasteiger partial charge is 0.487 e. The lowest BCUT2D eigenvalue weighted by Crippen LogP contribution is -2.08. The Bertz CT molecular complexity index is 653. The number of hydrogen-bond acceptors (Lipinski definition) is 2. The second kappa shape index (κ2) is 7.29. The molecule has 3 nitrogen and oxygen atoms in total. The molecule has 0 aliphatic heterocycles. The average Bonchev–Trinajstić information content (AvgIpc) is 2.72. The van der Waals surface area contributed by atoms with Crippen molar-refractivity contribution >= 4 is 47.8 Å². The van der Waals surface area contributed by atoms with Crippen LogP contribution >= 0.6 is 47.8 Å². The van der Waals surface area contributed by atoms with Crippen LogP contribution in [0.2, 0.25) is 0 Å². The molecule has 21 heavy (non-hydrogen) atoms. The average molecular weight is 481 g/mol. The molecule has 0 bridgehead atoms. The Hall–Kier alpha value is -0.330. The van der Waals surface area contributed by atoms with Crippen molar-refractivity contribution in [2.75, 3.05) is 0 Å². The minimum atomic E-state index is 0.498. The number of halogens is 3. The first kappa shape index (κ1) is 17.0. The van der Waals surface area contributed by atoms with E-state index in [1.807, 2.05) is 11.6 Å². The van der Waals surface area contributed by atoms with Gasteiger partial charge in [-0.3, -0.25) is 4.68 Å². The smallest absolute Gasteiger partial charge is 0.131 e. The number of nitrogens with zero attached hydrogens (tertiary/aromatic N) is 2. The van der Waals surface area contributed by atoms with Crippen molar-refractivity contribution in [3.05, 3.63) is 43.6 Å². The van der Waals surface area contributed by atoms with Gasteiger partial charge in [-0.1, -0.05) is 31.9 Å². The van der Waals surface area contributed by atoms with E-state index >= 15 is 0 Å². The third kappa shape index (κ3) is 3.71. The normalized spacial score (nSPS) is 11.0. The highest BCUT2D eigenvalue weighted by molar-refractivity contribution is 9.11. The second-order valence-electron chi connectivity index (χ2n) is 4.80. The van der Waals surface area contributed by atoms with Crippen molar-refractivity contribution in [3.8, 4) is 5.75 Å². The Morgan fingerprint density at radius 2 is 1.95 bits per heavy atom. The summed E-state index contributed by atoms with van der Waals surface area (Å²) >= 11 is 10.6. The van der Waals surface area contributed by atoms with Crippen LogP contribution in [0.1, 0.15) is 29.4 Å². The van der Waals surface area contributed by atoms with Crippen LogP contribution in [0.3, 0.4) is 0 Å². The number of ether oxygens (including phenoxy) is 1. The van der Waals surface area contributed by atoms with E-state index in [4.69, 9.17) is 4.74 Å². The first-order valence-electron chi connectivity index (χ1n) is 6.67. The monoisotopic (exact) mass is 478 g/mol. The molecule has 0 saturated heterocycles. The fourth-order valence-corrected chi connectivity index (χ4v) is 3.69. The number of aryl methyl sites for hydroxylation is 3. The zero-order chi connectivity index (χ0) is 15.6. The van der Waals surface area contributed by atoms with Crippen LogP contribution in [0.25, 0.3) is 0 Å². The van der Waals surface area contributed by atoms with Crippen LogP contribution in [-0.4, -0.2) is 9.78 Å². The first-order valence-corrected chi connectivity index (χ1v) is 9.38. The quantitative estimate of drug-likeness (QED) is 0.527. The Labute approximate surface area is 150 Å². The summed E-state index contributed by atoms with van der Waals surface area (Å²) in [5.74, 6) is 0.934. The van der Waals surface area contributed by atoms with Gasteiger partial charge in [0.25, 0.3) is 0 Å². The fourth-order valence-electron chi connectivity index (χ4n) is 2.25. The molecule has 0 saturated carbocycles. The number of alkyl halides is 1. The molecule has 2 rings (SSSR count). The summed E-state index contributed by atoms with van der Waals surface area (Å²) in [6.07, 6.45) is 0. The minimum absolute atomic E-state index is 0.498. The van der Waals surface area contributed by atoms with Gasteiger partial charge in [-0.2, -0.15) is 5.10 Å². The van der Waals surface area contributed by atoms with Gasteiger partial charge in [0, 0.05) is 21.9 Å². The first-order chi connectivity index (χ1) is 9.97. The lowest BCUT2D eigenvalue weighted by Gasteiger charge is -2.14. The van der Waals surface area contributed by atoms with E-state index in [1.165, 1.54) is 0 Å². The van der Waals surface area contributed by atoms with E-state index in [9.17, 15) is 0 Å². The van der Waals surface area contributed by atoms with E-state index < -0.39 is 0 Å². The summed E-state index contributed by atoms with van der Waals surface area (Å²) in [5.41, 5.74) is 4.31. The highest BCUT2D eigenvalue weighted by atomic mass is 79.9. The van der Waals surface area contributed by atoms with Crippen molar-refractivity contribution in [2.45, 2.75) is 39.3 Å². The summed E-state index contributed by atoms with van der Waals surface area (Å²) in [5, 5.41) is 5.25. The molecule has 1 aromatic carbocycles. The molecule has 0 unspecified atom stereocenters. The molecule has 6 heteroatoms. The van der Waals surface area contributed by atoms with Crippen LogP contribution < -0.4 is 4.74 Å². The Morgan fingerprint density at radius 1 is 1.24 bits per heavy atom. The maximum absolute atomic E-state index is 6.09. The minimum Gasteiger partial charge on any atom is -0.487 e. The highest BCUT2D eigenvalue weighted by Crippen LogP contribution is 2.31. The number of aromatic nitrogens is 2. The van der Waals surface area contributed by atoms with Gasteiger partial charge < -0.3 is 4.74 Å². The van der Waals surface area contributed by atoms with Gasteiger partial charge in [-0.25, -0.2) is 0 Å². The maximum Gasteiger partial charge on any atom is 0.131 e. The molecule has 0 aliphatic rings. The third-order valence-electron chi connectivity index (χ3n) is 3.27. The van der Waals surface area contributed by atoms with E-state index in [-0.39, 0.29) is 0 Å². The molecule has 0 atom stereocenters. The predicted octanol–water partition coefficient (Wildman–Crippen LogP) is 5.52. The van der Waals surface area contributed by atoms with Gasteiger partial charge >= 0.3 is 0 Å². The molecule has 2 aromatic rings. The molecular weight excluding hydrogens is 464 g/mol. The highest BCUT2D eigenvalue weighted by Gasteiger charge is 2.15. The maximum atomic E-state index is 6.09. The van der Waals surface area contributed by atoms with Gasteiger partial charge in [-0.05, 0) is 54.4 Å². The second-order valence-corrected chi connectivity index (χ2v) is 7.06. The molecule has 0 aliphatic carbocycles. The SMILES string of the molecule is CCn1nc(C)c(Br)c1COc1c(C)cc(Br)cc1CBr. The molecule has 0 N–H and O–H groups in total. The standard InChI is InChI=1S/C15H17Br3N2O/c1-4-20-13(14(18)10(3)19-20)8-21-15-9(2)5-12(17)6-11(15)7-16/h5-6H,4,7-8H2,1-3H3. The van der Waals surface area contributed by atoms with Crippen LogP contribution in [-0.2, 0) is 18.5 Å². The van der Waals surface area contributed by atoms with Crippen molar-refractivity contribution in [1.29, 1.82) is 0 Å². The Morgan fingerprint density at radius 3 is 2.57 bits per heavy atom. The fraction of sp³-hybridized carbons (Fsp3) is 0.400. The van der Waals surface area contributed by atoms with E-state index in [0.29, 0.717) is 6.61 Å². The summed E-state index contributed by atoms with van der Waals surface area (Å²) in [7, 11) is 0. The molecule has 0 fully saturated rings. The van der Waals surface area contributed by atoms with Gasteiger partial charge in [0.1, 0.15) is 12.4 Å². The van der Waals surface area contributed by atoms with E-state index in [0.717, 1.165) is 49.1 Å². The van der Waals surface area contributed by atoms with Crippen LogP contribution in [0, 0.1) is 13.8 Å². The van der Waals surface area contributed by atoms with E-state index in [2.05, 4.69) is 78.9 Å². The van der Waals surface area contributed by atoms with E-state index in [1.54, 1.807) is 0 Å². The summed E-state index contributed by atoms with van der Waals surface area (Å²) in [6.45, 7) is 7.46. The van der Waals surface area contributed by atoms with Crippen LogP contribution in [0.4, 0.5) is 0 Å². The molecular formula is C15H17Br3N2O. The van der Waals surface area contributed by atoms with Crippen molar-refractivity contribution in [2.24, 2.45) is 0 Å². The summed E-state index contributed by atoms with van der Waals surface area (Å²) in [4.78, 5) is 0. The molecule has 0 spiro atoms. The molecule has 0 radical (unpaired) electrons.